The van der Waals surface area contributed by atoms with Gasteiger partial charge in [-0.1, -0.05) is 24.2 Å². The van der Waals surface area contributed by atoms with Crippen LogP contribution in [0.25, 0.3) is 0 Å². The minimum Gasteiger partial charge on any atom is -0.329 e. The molecule has 172 valence electrons. The van der Waals surface area contributed by atoms with Gasteiger partial charge in [0.15, 0.2) is 5.78 Å². The lowest BCUT2D eigenvalue weighted by Crippen LogP contribution is -2.49. The van der Waals surface area contributed by atoms with Gasteiger partial charge in [-0.05, 0) is 42.7 Å². The molecule has 1 aromatic heterocycles. The fourth-order valence-corrected chi connectivity index (χ4v) is 4.41. The number of rotatable bonds is 5. The number of carbonyl (C=O) groups is 3. The van der Waals surface area contributed by atoms with E-state index in [0.29, 0.717) is 29.7 Å². The Labute approximate surface area is 192 Å². The molecule has 2 aliphatic heterocycles. The second kappa shape index (κ2) is 8.62. The lowest BCUT2D eigenvalue weighted by Gasteiger charge is -2.30. The second-order valence-electron chi connectivity index (χ2n) is 8.04. The van der Waals surface area contributed by atoms with Gasteiger partial charge in [-0.3, -0.25) is 19.4 Å². The van der Waals surface area contributed by atoms with Gasteiger partial charge in [0.2, 0.25) is 5.91 Å². The molecule has 2 aliphatic rings. The third-order valence-electron chi connectivity index (χ3n) is 5.86. The zero-order valence-corrected chi connectivity index (χ0v) is 18.0. The van der Waals surface area contributed by atoms with Crippen LogP contribution >= 0.6 is 11.6 Å². The molecule has 0 aliphatic carbocycles. The number of halogens is 4. The fraction of sp³-hybridized carbons (Fsp3) is 0.304. The Morgan fingerprint density at radius 1 is 1.30 bits per heavy atom. The van der Waals surface area contributed by atoms with Crippen molar-refractivity contribution in [3.63, 3.8) is 0 Å². The summed E-state index contributed by atoms with van der Waals surface area (Å²) in [6.45, 7) is 3.81. The quantitative estimate of drug-likeness (QED) is 0.647. The molecule has 33 heavy (non-hydrogen) atoms. The molecule has 4 rings (SSSR count). The molecule has 0 radical (unpaired) electrons. The number of amides is 2. The van der Waals surface area contributed by atoms with Gasteiger partial charge in [-0.15, -0.1) is 0 Å². The first-order valence-electron chi connectivity index (χ1n) is 10.2. The van der Waals surface area contributed by atoms with Gasteiger partial charge in [0.25, 0.3) is 5.91 Å². The molecular weight excluding hydrogens is 459 g/mol. The zero-order valence-electron chi connectivity index (χ0n) is 17.3. The van der Waals surface area contributed by atoms with E-state index in [9.17, 15) is 27.6 Å². The average Bonchev–Trinajstić information content (AvgIpc) is 3.07. The third kappa shape index (κ3) is 4.50. The fourth-order valence-electron chi connectivity index (χ4n) is 4.15. The molecule has 6 nitrogen and oxygen atoms in total. The van der Waals surface area contributed by atoms with E-state index in [1.807, 2.05) is 0 Å². The summed E-state index contributed by atoms with van der Waals surface area (Å²) in [5.41, 5.74) is 1.03. The smallest absolute Gasteiger partial charge is 0.329 e. The predicted octanol–water partition coefficient (Wildman–Crippen LogP) is 4.40. The molecule has 2 atom stereocenters. The van der Waals surface area contributed by atoms with Crippen LogP contribution < -0.4 is 5.32 Å². The van der Waals surface area contributed by atoms with Crippen LogP contribution in [0.5, 0.6) is 0 Å². The summed E-state index contributed by atoms with van der Waals surface area (Å²) in [7, 11) is 0. The Morgan fingerprint density at radius 3 is 2.73 bits per heavy atom. The summed E-state index contributed by atoms with van der Waals surface area (Å²) in [4.78, 5) is 43.0. The molecule has 0 spiro atoms. The van der Waals surface area contributed by atoms with E-state index in [4.69, 9.17) is 11.6 Å². The van der Waals surface area contributed by atoms with Crippen molar-refractivity contribution < 1.29 is 27.6 Å². The third-order valence-corrected chi connectivity index (χ3v) is 6.18. The number of benzene rings is 1. The minimum absolute atomic E-state index is 0.0474. The van der Waals surface area contributed by atoms with E-state index in [-0.39, 0.29) is 28.9 Å². The Hall–Kier alpha value is -3.20. The molecule has 1 fully saturated rings. The molecule has 0 unspecified atom stereocenters. The van der Waals surface area contributed by atoms with Crippen molar-refractivity contribution in [2.75, 3.05) is 0 Å². The average molecular weight is 478 g/mol. The second-order valence-corrected chi connectivity index (χ2v) is 8.45. The van der Waals surface area contributed by atoms with Crippen molar-refractivity contribution in [1.82, 2.24) is 15.2 Å². The van der Waals surface area contributed by atoms with Crippen LogP contribution in [0.4, 0.5) is 13.2 Å². The summed E-state index contributed by atoms with van der Waals surface area (Å²) >= 11 is 5.90. The molecule has 1 aromatic carbocycles. The first kappa shape index (κ1) is 23.0. The standard InChI is InChI=1S/C23H19ClF3N3O3/c1-12-4-7-18(21(32)29-12)30-11-14-9-13(5-6-15(14)22(30)33)19(31)10-16(23(25,26)27)20-17(24)3-2-8-28-20/h2-3,5-6,8-9,16,18H,1,4,7,10-11H2,(H,29,32)/t16-,18-/m1/s1. The molecule has 1 saturated heterocycles. The van der Waals surface area contributed by atoms with Crippen molar-refractivity contribution in [1.29, 1.82) is 0 Å². The molecule has 10 heteroatoms. The topological polar surface area (TPSA) is 79.4 Å². The van der Waals surface area contributed by atoms with Gasteiger partial charge in [0.05, 0.1) is 10.7 Å². The Kier molecular flexibility index (Phi) is 6.00. The highest BCUT2D eigenvalue weighted by Gasteiger charge is 2.44. The van der Waals surface area contributed by atoms with Crippen LogP contribution in [0, 0.1) is 0 Å². The first-order valence-corrected chi connectivity index (χ1v) is 10.6. The number of nitrogens with zero attached hydrogens (tertiary/aromatic N) is 2. The van der Waals surface area contributed by atoms with Gasteiger partial charge in [-0.25, -0.2) is 0 Å². The number of ketones is 1. The van der Waals surface area contributed by atoms with Crippen LogP contribution in [-0.2, 0) is 11.3 Å². The van der Waals surface area contributed by atoms with E-state index in [0.717, 1.165) is 0 Å². The van der Waals surface area contributed by atoms with Gasteiger partial charge < -0.3 is 10.2 Å². The number of piperidine rings is 1. The van der Waals surface area contributed by atoms with Gasteiger partial charge in [0.1, 0.15) is 12.0 Å². The maximum Gasteiger partial charge on any atom is 0.397 e. The SMILES string of the molecule is C=C1CC[C@@H](N2Cc3cc(C(=O)C[C@H](c4ncccc4Cl)C(F)(F)F)ccc3C2=O)C(=O)N1. The summed E-state index contributed by atoms with van der Waals surface area (Å²) < 4.78 is 41.1. The van der Waals surface area contributed by atoms with E-state index in [2.05, 4.69) is 16.9 Å². The summed E-state index contributed by atoms with van der Waals surface area (Å²) in [5.74, 6) is -3.60. The number of Topliss-reactive ketones (excluding diaryl/α,β-unsaturated/α-hetero) is 1. The Morgan fingerprint density at radius 2 is 2.06 bits per heavy atom. The van der Waals surface area contributed by atoms with E-state index < -0.39 is 36.0 Å². The van der Waals surface area contributed by atoms with Crippen molar-refractivity contribution >= 4 is 29.2 Å². The summed E-state index contributed by atoms with van der Waals surface area (Å²) in [6, 6.07) is 6.20. The monoisotopic (exact) mass is 477 g/mol. The molecule has 1 N–H and O–H groups in total. The van der Waals surface area contributed by atoms with E-state index >= 15 is 0 Å². The maximum absolute atomic E-state index is 13.7. The van der Waals surface area contributed by atoms with Crippen LogP contribution in [-0.4, -0.2) is 39.7 Å². The lowest BCUT2D eigenvalue weighted by atomic mass is 9.93. The predicted molar refractivity (Wildman–Crippen MR) is 114 cm³/mol. The number of allylic oxidation sites excluding steroid dienone is 1. The van der Waals surface area contributed by atoms with E-state index in [1.54, 1.807) is 0 Å². The van der Waals surface area contributed by atoms with E-state index in [1.165, 1.54) is 41.4 Å². The molecule has 2 amide bonds. The number of alkyl halides is 3. The number of carbonyl (C=O) groups excluding carboxylic acids is 3. The normalized spacial score (nSPS) is 19.3. The zero-order chi connectivity index (χ0) is 23.9. The Bertz CT molecular complexity index is 1170. The molecule has 0 bridgehead atoms. The molecular formula is C23H19ClF3N3O3. The Balaban J connectivity index is 1.56. The lowest BCUT2D eigenvalue weighted by molar-refractivity contribution is -0.150. The van der Waals surface area contributed by atoms with Gasteiger partial charge >= 0.3 is 6.18 Å². The molecule has 2 aromatic rings. The van der Waals surface area contributed by atoms with Crippen molar-refractivity contribution in [3.8, 4) is 0 Å². The van der Waals surface area contributed by atoms with Gasteiger partial charge in [0, 0.05) is 36.0 Å². The molecule has 3 heterocycles. The largest absolute Gasteiger partial charge is 0.397 e. The number of hydrogen-bond donors (Lipinski definition) is 1. The van der Waals surface area contributed by atoms with Crippen molar-refractivity contribution in [2.45, 2.75) is 43.9 Å². The highest BCUT2D eigenvalue weighted by Crippen LogP contribution is 2.40. The number of fused-ring (bicyclic) bond motifs is 1. The number of aromatic nitrogens is 1. The van der Waals surface area contributed by atoms with Crippen LogP contribution in [0.1, 0.15) is 57.2 Å². The number of nitrogens with one attached hydrogen (secondary N) is 1. The number of hydrogen-bond acceptors (Lipinski definition) is 4. The maximum atomic E-state index is 13.7. The van der Waals surface area contributed by atoms with Crippen molar-refractivity contribution in [3.05, 3.63) is 76.2 Å². The number of pyridine rings is 1. The van der Waals surface area contributed by atoms with Crippen LogP contribution in [0.3, 0.4) is 0 Å². The van der Waals surface area contributed by atoms with Crippen LogP contribution in [0.15, 0.2) is 48.8 Å². The minimum atomic E-state index is -4.73. The first-order chi connectivity index (χ1) is 15.6. The highest BCUT2D eigenvalue weighted by molar-refractivity contribution is 6.31. The van der Waals surface area contributed by atoms with Crippen molar-refractivity contribution in [2.24, 2.45) is 0 Å². The summed E-state index contributed by atoms with van der Waals surface area (Å²) in [5, 5.41) is 2.46. The van der Waals surface area contributed by atoms with Crippen LogP contribution in [0.2, 0.25) is 5.02 Å². The highest BCUT2D eigenvalue weighted by atomic mass is 35.5. The molecule has 0 saturated carbocycles. The summed E-state index contributed by atoms with van der Waals surface area (Å²) in [6.07, 6.45) is -3.44. The van der Waals surface area contributed by atoms with Gasteiger partial charge in [-0.2, -0.15) is 13.2 Å².